The number of halogens is 1. The minimum Gasteiger partial charge on any atom is -0.379 e. The van der Waals surface area contributed by atoms with Gasteiger partial charge in [-0.05, 0) is 37.4 Å². The third-order valence-corrected chi connectivity index (χ3v) is 3.63. The molecule has 0 unspecified atom stereocenters. The van der Waals surface area contributed by atoms with Crippen LogP contribution in [0.1, 0.15) is 12.8 Å². The third kappa shape index (κ3) is 3.57. The molecular formula is C14H13ClN4OS. The summed E-state index contributed by atoms with van der Waals surface area (Å²) in [5.74, 6) is 0.624. The van der Waals surface area contributed by atoms with Crippen molar-refractivity contribution in [1.82, 2.24) is 15.5 Å². The Kier molecular flexibility index (Phi) is 5.26. The molecule has 0 aliphatic heterocycles. The second-order valence-electron chi connectivity index (χ2n) is 3.98. The lowest BCUT2D eigenvalue weighted by Crippen LogP contribution is -2.11. The molecule has 2 rings (SSSR count). The normalized spacial score (nSPS) is 11.7. The minimum atomic E-state index is 0.202. The highest BCUT2D eigenvalue weighted by Gasteiger charge is 2.16. The summed E-state index contributed by atoms with van der Waals surface area (Å²) in [7, 11) is 0. The van der Waals surface area contributed by atoms with E-state index in [-0.39, 0.29) is 5.89 Å². The highest BCUT2D eigenvalue weighted by atomic mass is 35.5. The third-order valence-electron chi connectivity index (χ3n) is 2.62. The van der Waals surface area contributed by atoms with Crippen LogP contribution < -0.4 is 5.32 Å². The lowest BCUT2D eigenvalue weighted by atomic mass is 10.2. The number of aromatic nitrogens is 2. The number of nitriles is 1. The van der Waals surface area contributed by atoms with Crippen molar-refractivity contribution in [3.05, 3.63) is 40.2 Å². The molecular weight excluding hydrogens is 308 g/mol. The lowest BCUT2D eigenvalue weighted by molar-refractivity contribution is 0.409. The van der Waals surface area contributed by atoms with Gasteiger partial charge in [0.15, 0.2) is 0 Å². The summed E-state index contributed by atoms with van der Waals surface area (Å²) in [5, 5.41) is 17.7. The fourth-order valence-corrected chi connectivity index (χ4v) is 2.41. The number of nitrogens with zero attached hydrogens (tertiary/aromatic N) is 3. The first-order chi connectivity index (χ1) is 10.2. The molecule has 0 radical (unpaired) electrons. The topological polar surface area (TPSA) is 74.7 Å². The van der Waals surface area contributed by atoms with E-state index in [1.807, 2.05) is 13.2 Å². The molecule has 1 N–H and O–H groups in total. The fourth-order valence-electron chi connectivity index (χ4n) is 1.66. The average molecular weight is 321 g/mol. The molecule has 1 aromatic heterocycles. The van der Waals surface area contributed by atoms with Crippen LogP contribution in [0.2, 0.25) is 5.02 Å². The van der Waals surface area contributed by atoms with Crippen molar-refractivity contribution in [3.8, 4) is 17.5 Å². The van der Waals surface area contributed by atoms with Crippen molar-refractivity contribution in [3.63, 3.8) is 0 Å². The number of benzene rings is 1. The van der Waals surface area contributed by atoms with Gasteiger partial charge < -0.3 is 9.84 Å². The second-order valence-corrected chi connectivity index (χ2v) is 5.23. The lowest BCUT2D eigenvalue weighted by Gasteiger charge is -2.05. The number of hydrogen-bond acceptors (Lipinski definition) is 6. The molecule has 5 nitrogen and oxygen atoms in total. The minimum absolute atomic E-state index is 0.202. The van der Waals surface area contributed by atoms with Gasteiger partial charge >= 0.3 is 0 Å². The molecule has 108 valence electrons. The van der Waals surface area contributed by atoms with E-state index in [2.05, 4.69) is 21.5 Å². The standard InChI is InChI=1S/C14H13ClN4OS/c1-3-17-14(21-2)11(8-16)13-18-12(19-20-13)9-4-6-10(15)7-5-9/h4-7,17H,3H2,1-2H3/b14-11+. The predicted molar refractivity (Wildman–Crippen MR) is 84.5 cm³/mol. The van der Waals surface area contributed by atoms with Crippen LogP contribution in [0.15, 0.2) is 33.8 Å². The molecule has 1 heterocycles. The Morgan fingerprint density at radius 2 is 2.14 bits per heavy atom. The Bertz CT molecular complexity index is 688. The first-order valence-electron chi connectivity index (χ1n) is 6.21. The maximum absolute atomic E-state index is 9.32. The summed E-state index contributed by atoms with van der Waals surface area (Å²) in [6, 6.07) is 9.20. The Labute approximate surface area is 132 Å². The van der Waals surface area contributed by atoms with Gasteiger partial charge in [-0.2, -0.15) is 10.2 Å². The van der Waals surface area contributed by atoms with Gasteiger partial charge in [-0.3, -0.25) is 0 Å². The zero-order valence-corrected chi connectivity index (χ0v) is 13.1. The molecule has 0 saturated heterocycles. The molecule has 0 atom stereocenters. The van der Waals surface area contributed by atoms with Crippen molar-refractivity contribution in [1.29, 1.82) is 5.26 Å². The summed E-state index contributed by atoms with van der Waals surface area (Å²) in [6.45, 7) is 2.66. The van der Waals surface area contributed by atoms with E-state index in [1.54, 1.807) is 24.3 Å². The molecule has 0 aliphatic carbocycles. The monoisotopic (exact) mass is 320 g/mol. The van der Waals surface area contributed by atoms with Gasteiger partial charge in [0.25, 0.3) is 5.89 Å². The highest BCUT2D eigenvalue weighted by molar-refractivity contribution is 8.02. The summed E-state index contributed by atoms with van der Waals surface area (Å²) >= 11 is 7.28. The predicted octanol–water partition coefficient (Wildman–Crippen LogP) is 3.55. The van der Waals surface area contributed by atoms with E-state index < -0.39 is 0 Å². The van der Waals surface area contributed by atoms with Gasteiger partial charge in [0, 0.05) is 17.1 Å². The molecule has 0 spiro atoms. The number of hydrogen-bond donors (Lipinski definition) is 1. The molecule has 21 heavy (non-hydrogen) atoms. The maximum atomic E-state index is 9.32. The van der Waals surface area contributed by atoms with Crippen LogP contribution in [0.25, 0.3) is 17.0 Å². The van der Waals surface area contributed by atoms with Crippen LogP contribution in [-0.2, 0) is 0 Å². The van der Waals surface area contributed by atoms with Gasteiger partial charge in [0.05, 0.1) is 5.03 Å². The maximum Gasteiger partial charge on any atom is 0.271 e. The summed E-state index contributed by atoms with van der Waals surface area (Å²) in [5.41, 5.74) is 1.12. The number of allylic oxidation sites excluding steroid dienone is 1. The molecule has 0 saturated carbocycles. The van der Waals surface area contributed by atoms with E-state index in [4.69, 9.17) is 16.1 Å². The van der Waals surface area contributed by atoms with Crippen molar-refractivity contribution in [2.24, 2.45) is 0 Å². The quantitative estimate of drug-likeness (QED) is 0.849. The number of rotatable bonds is 5. The molecule has 0 amide bonds. The Balaban J connectivity index is 2.38. The van der Waals surface area contributed by atoms with E-state index in [9.17, 15) is 5.26 Å². The summed E-state index contributed by atoms with van der Waals surface area (Å²) < 4.78 is 5.20. The van der Waals surface area contributed by atoms with Crippen molar-refractivity contribution < 1.29 is 4.52 Å². The first kappa shape index (κ1) is 15.4. The van der Waals surface area contributed by atoms with Crippen LogP contribution in [-0.4, -0.2) is 22.9 Å². The van der Waals surface area contributed by atoms with E-state index in [0.717, 1.165) is 5.56 Å². The van der Waals surface area contributed by atoms with Crippen LogP contribution in [0.4, 0.5) is 0 Å². The summed E-state index contributed by atoms with van der Waals surface area (Å²) in [6.07, 6.45) is 1.88. The Morgan fingerprint density at radius 1 is 1.43 bits per heavy atom. The van der Waals surface area contributed by atoms with Crippen molar-refractivity contribution >= 4 is 28.9 Å². The van der Waals surface area contributed by atoms with Crippen LogP contribution in [0.3, 0.4) is 0 Å². The van der Waals surface area contributed by atoms with Crippen molar-refractivity contribution in [2.75, 3.05) is 12.8 Å². The van der Waals surface area contributed by atoms with Gasteiger partial charge in [-0.25, -0.2) is 0 Å². The second kappa shape index (κ2) is 7.16. The molecule has 0 fully saturated rings. The van der Waals surface area contributed by atoms with E-state index >= 15 is 0 Å². The van der Waals surface area contributed by atoms with Crippen molar-refractivity contribution in [2.45, 2.75) is 6.92 Å². The first-order valence-corrected chi connectivity index (χ1v) is 7.82. The fraction of sp³-hybridized carbons (Fsp3) is 0.214. The smallest absolute Gasteiger partial charge is 0.271 e. The molecule has 0 aliphatic rings. The average Bonchev–Trinajstić information content (AvgIpc) is 2.97. The van der Waals surface area contributed by atoms with E-state index in [1.165, 1.54) is 11.8 Å². The molecule has 2 aromatic rings. The molecule has 1 aromatic carbocycles. The highest BCUT2D eigenvalue weighted by Crippen LogP contribution is 2.25. The zero-order valence-electron chi connectivity index (χ0n) is 11.6. The number of thioether (sulfide) groups is 1. The largest absolute Gasteiger partial charge is 0.379 e. The van der Waals surface area contributed by atoms with Gasteiger partial charge in [0.1, 0.15) is 11.6 Å². The molecule has 0 bridgehead atoms. The van der Waals surface area contributed by atoms with Crippen LogP contribution in [0, 0.1) is 11.3 Å². The molecule has 7 heteroatoms. The Morgan fingerprint density at radius 3 is 2.71 bits per heavy atom. The van der Waals surface area contributed by atoms with Crippen LogP contribution >= 0.6 is 23.4 Å². The van der Waals surface area contributed by atoms with Crippen LogP contribution in [0.5, 0.6) is 0 Å². The van der Waals surface area contributed by atoms with Gasteiger partial charge in [-0.15, -0.1) is 11.8 Å². The zero-order chi connectivity index (χ0) is 15.2. The SMILES string of the molecule is CCN/C(SC)=C(/C#N)c1nc(-c2ccc(Cl)cc2)no1. The van der Waals surface area contributed by atoms with Gasteiger partial charge in [0.2, 0.25) is 5.82 Å². The van der Waals surface area contributed by atoms with Gasteiger partial charge in [-0.1, -0.05) is 16.8 Å². The van der Waals surface area contributed by atoms with E-state index in [0.29, 0.717) is 28.0 Å². The summed E-state index contributed by atoms with van der Waals surface area (Å²) in [4.78, 5) is 4.28. The Hall–Kier alpha value is -1.97. The number of nitrogens with one attached hydrogen (secondary N) is 1.